The molecule has 0 saturated carbocycles. The zero-order chi connectivity index (χ0) is 12.8. The van der Waals surface area contributed by atoms with Crippen LogP contribution in [0.3, 0.4) is 0 Å². The van der Waals surface area contributed by atoms with Gasteiger partial charge >= 0.3 is 5.97 Å². The molecule has 0 radical (unpaired) electrons. The van der Waals surface area contributed by atoms with Crippen LogP contribution < -0.4 is 0 Å². The lowest BCUT2D eigenvalue weighted by Gasteiger charge is -2.31. The van der Waals surface area contributed by atoms with Gasteiger partial charge in [0, 0.05) is 6.04 Å². The molecule has 0 aromatic rings. The number of rotatable bonds is 5. The summed E-state index contributed by atoms with van der Waals surface area (Å²) < 4.78 is 0. The van der Waals surface area contributed by atoms with E-state index in [-0.39, 0.29) is 23.7 Å². The van der Waals surface area contributed by atoms with Gasteiger partial charge in [-0.05, 0) is 31.9 Å². The first-order chi connectivity index (χ1) is 8.06. The highest BCUT2D eigenvalue weighted by molar-refractivity contribution is 8.00. The summed E-state index contributed by atoms with van der Waals surface area (Å²) >= 11 is 1.67. The minimum absolute atomic E-state index is 0.00104. The average Bonchev–Trinajstić information content (AvgIpc) is 2.35. The molecule has 0 spiro atoms. The van der Waals surface area contributed by atoms with Gasteiger partial charge in [-0.15, -0.1) is 11.8 Å². The van der Waals surface area contributed by atoms with E-state index in [0.717, 1.165) is 31.4 Å². The second kappa shape index (κ2) is 6.89. The Morgan fingerprint density at radius 2 is 2.18 bits per heavy atom. The van der Waals surface area contributed by atoms with Crippen molar-refractivity contribution >= 4 is 23.6 Å². The zero-order valence-corrected chi connectivity index (χ0v) is 11.3. The SMILES string of the molecule is CCC(C)N(CC(=O)O)C(=O)C1CCCCS1. The van der Waals surface area contributed by atoms with Crippen molar-refractivity contribution < 1.29 is 14.7 Å². The predicted molar refractivity (Wildman–Crippen MR) is 69.2 cm³/mol. The Kier molecular flexibility index (Phi) is 5.82. The number of carbonyl (C=O) groups is 2. The van der Waals surface area contributed by atoms with E-state index in [1.807, 2.05) is 13.8 Å². The first kappa shape index (κ1) is 14.4. The molecule has 1 amide bonds. The summed E-state index contributed by atoms with van der Waals surface area (Å²) in [5.41, 5.74) is 0. The number of carboxylic acids is 1. The number of carboxylic acid groups (broad SMARTS) is 1. The Bertz CT molecular complexity index is 277. The number of hydrogen-bond donors (Lipinski definition) is 1. The molecule has 2 unspecified atom stereocenters. The van der Waals surface area contributed by atoms with Crippen molar-refractivity contribution in [3.05, 3.63) is 0 Å². The van der Waals surface area contributed by atoms with Crippen molar-refractivity contribution in [1.82, 2.24) is 4.90 Å². The number of carbonyl (C=O) groups excluding carboxylic acids is 1. The number of nitrogens with zero attached hydrogens (tertiary/aromatic N) is 1. The molecular weight excluding hydrogens is 238 g/mol. The fourth-order valence-electron chi connectivity index (χ4n) is 1.94. The molecule has 1 aliphatic rings. The minimum Gasteiger partial charge on any atom is -0.480 e. The van der Waals surface area contributed by atoms with E-state index in [2.05, 4.69) is 0 Å². The van der Waals surface area contributed by atoms with Gasteiger partial charge in [-0.1, -0.05) is 13.3 Å². The molecule has 1 fully saturated rings. The maximum Gasteiger partial charge on any atom is 0.323 e. The largest absolute Gasteiger partial charge is 0.480 e. The fraction of sp³-hybridized carbons (Fsp3) is 0.833. The van der Waals surface area contributed by atoms with Crippen molar-refractivity contribution in [3.8, 4) is 0 Å². The summed E-state index contributed by atoms with van der Waals surface area (Å²) in [7, 11) is 0. The molecule has 0 bridgehead atoms. The lowest BCUT2D eigenvalue weighted by molar-refractivity contribution is -0.145. The lowest BCUT2D eigenvalue weighted by Crippen LogP contribution is -2.46. The molecule has 17 heavy (non-hydrogen) atoms. The summed E-state index contributed by atoms with van der Waals surface area (Å²) in [4.78, 5) is 24.6. The zero-order valence-electron chi connectivity index (χ0n) is 10.5. The third-order valence-electron chi connectivity index (χ3n) is 3.17. The van der Waals surface area contributed by atoms with Gasteiger partial charge in [-0.25, -0.2) is 0 Å². The molecule has 4 nitrogen and oxygen atoms in total. The maximum absolute atomic E-state index is 12.3. The van der Waals surface area contributed by atoms with E-state index in [0.29, 0.717) is 0 Å². The highest BCUT2D eigenvalue weighted by atomic mass is 32.2. The normalized spacial score (nSPS) is 21.9. The molecular formula is C12H21NO3S. The van der Waals surface area contributed by atoms with Crippen molar-refractivity contribution in [2.75, 3.05) is 12.3 Å². The topological polar surface area (TPSA) is 57.6 Å². The standard InChI is InChI=1S/C12H21NO3S/c1-3-9(2)13(8-11(14)15)12(16)10-6-4-5-7-17-10/h9-10H,3-8H2,1-2H3,(H,14,15). The van der Waals surface area contributed by atoms with Gasteiger partial charge in [0.15, 0.2) is 0 Å². The predicted octanol–water partition coefficient (Wildman–Crippen LogP) is 1.98. The maximum atomic E-state index is 12.3. The number of hydrogen-bond acceptors (Lipinski definition) is 3. The summed E-state index contributed by atoms with van der Waals surface area (Å²) in [5.74, 6) is 0.0866. The first-order valence-electron chi connectivity index (χ1n) is 6.20. The Labute approximate surface area is 107 Å². The molecule has 0 aliphatic carbocycles. The van der Waals surface area contributed by atoms with E-state index in [1.54, 1.807) is 11.8 Å². The van der Waals surface area contributed by atoms with Crippen molar-refractivity contribution in [2.24, 2.45) is 0 Å². The van der Waals surface area contributed by atoms with E-state index in [1.165, 1.54) is 4.90 Å². The molecule has 1 aliphatic heterocycles. The van der Waals surface area contributed by atoms with Gasteiger partial charge in [0.2, 0.25) is 5.91 Å². The summed E-state index contributed by atoms with van der Waals surface area (Å²) in [6.45, 7) is 3.71. The smallest absolute Gasteiger partial charge is 0.323 e. The average molecular weight is 259 g/mol. The number of amides is 1. The van der Waals surface area contributed by atoms with Crippen LogP contribution in [0, 0.1) is 0 Å². The monoisotopic (exact) mass is 259 g/mol. The summed E-state index contributed by atoms with van der Waals surface area (Å²) in [6.07, 6.45) is 3.91. The highest BCUT2D eigenvalue weighted by Crippen LogP contribution is 2.27. The van der Waals surface area contributed by atoms with Gasteiger partial charge in [0.25, 0.3) is 0 Å². The van der Waals surface area contributed by atoms with Crippen LogP contribution in [0.1, 0.15) is 39.5 Å². The summed E-state index contributed by atoms with van der Waals surface area (Å²) in [5, 5.41) is 8.84. The van der Waals surface area contributed by atoms with Crippen LogP contribution in [0.25, 0.3) is 0 Å². The molecule has 1 rings (SSSR count). The van der Waals surface area contributed by atoms with Crippen molar-refractivity contribution in [2.45, 2.75) is 50.8 Å². The Morgan fingerprint density at radius 1 is 1.47 bits per heavy atom. The molecule has 2 atom stereocenters. The fourth-order valence-corrected chi connectivity index (χ4v) is 3.20. The Morgan fingerprint density at radius 3 is 2.65 bits per heavy atom. The summed E-state index contributed by atoms with van der Waals surface area (Å²) in [6, 6.07) is 0.00104. The van der Waals surface area contributed by atoms with E-state index >= 15 is 0 Å². The van der Waals surface area contributed by atoms with E-state index in [4.69, 9.17) is 5.11 Å². The third-order valence-corrected chi connectivity index (χ3v) is 4.53. The van der Waals surface area contributed by atoms with Crippen LogP contribution in [-0.2, 0) is 9.59 Å². The lowest BCUT2D eigenvalue weighted by atomic mass is 10.1. The van der Waals surface area contributed by atoms with E-state index in [9.17, 15) is 9.59 Å². The van der Waals surface area contributed by atoms with E-state index < -0.39 is 5.97 Å². The molecule has 1 saturated heterocycles. The van der Waals surface area contributed by atoms with Crippen molar-refractivity contribution in [3.63, 3.8) is 0 Å². The van der Waals surface area contributed by atoms with Gasteiger partial charge < -0.3 is 10.0 Å². The second-order valence-electron chi connectivity index (χ2n) is 4.47. The molecule has 98 valence electrons. The second-order valence-corrected chi connectivity index (χ2v) is 5.78. The van der Waals surface area contributed by atoms with Crippen LogP contribution in [0.4, 0.5) is 0 Å². The number of thioether (sulfide) groups is 1. The molecule has 0 aromatic heterocycles. The van der Waals surface area contributed by atoms with Crippen LogP contribution >= 0.6 is 11.8 Å². The van der Waals surface area contributed by atoms with Gasteiger partial charge in [-0.2, -0.15) is 0 Å². The van der Waals surface area contributed by atoms with Crippen LogP contribution in [-0.4, -0.2) is 45.5 Å². The number of aliphatic carboxylic acids is 1. The molecule has 5 heteroatoms. The molecule has 1 heterocycles. The van der Waals surface area contributed by atoms with Gasteiger partial charge in [-0.3, -0.25) is 9.59 Å². The van der Waals surface area contributed by atoms with Gasteiger partial charge in [0.1, 0.15) is 6.54 Å². The highest BCUT2D eigenvalue weighted by Gasteiger charge is 2.29. The first-order valence-corrected chi connectivity index (χ1v) is 7.25. The quantitative estimate of drug-likeness (QED) is 0.820. The third kappa shape index (κ3) is 4.22. The Hall–Kier alpha value is -0.710. The van der Waals surface area contributed by atoms with Crippen LogP contribution in [0.5, 0.6) is 0 Å². The minimum atomic E-state index is -0.931. The van der Waals surface area contributed by atoms with Crippen LogP contribution in [0.15, 0.2) is 0 Å². The Balaban J connectivity index is 2.66. The van der Waals surface area contributed by atoms with Crippen molar-refractivity contribution in [1.29, 1.82) is 0 Å². The molecule has 1 N–H and O–H groups in total. The van der Waals surface area contributed by atoms with Crippen LogP contribution in [0.2, 0.25) is 0 Å². The molecule has 0 aromatic carbocycles. The van der Waals surface area contributed by atoms with Gasteiger partial charge in [0.05, 0.1) is 5.25 Å².